The molecule has 0 saturated carbocycles. The van der Waals surface area contributed by atoms with E-state index < -0.39 is 0 Å². The molecule has 1 fully saturated rings. The summed E-state index contributed by atoms with van der Waals surface area (Å²) >= 11 is 7.37. The van der Waals surface area contributed by atoms with Crippen molar-refractivity contribution < 1.29 is 0 Å². The molecule has 20 heavy (non-hydrogen) atoms. The zero-order valence-corrected chi connectivity index (χ0v) is 15.7. The van der Waals surface area contributed by atoms with E-state index in [4.69, 9.17) is 5.10 Å². The van der Waals surface area contributed by atoms with Gasteiger partial charge in [-0.2, -0.15) is 5.10 Å². The molecule has 1 aliphatic heterocycles. The van der Waals surface area contributed by atoms with E-state index in [0.717, 1.165) is 30.9 Å². The highest BCUT2D eigenvalue weighted by Crippen LogP contribution is 2.27. The summed E-state index contributed by atoms with van der Waals surface area (Å²) in [4.78, 5) is 2.65. The average Bonchev–Trinajstić information content (AvgIpc) is 2.77. The minimum Gasteiger partial charge on any atom is -0.295 e. The lowest BCUT2D eigenvalue weighted by atomic mass is 10.00. The number of hydrogen-bond donors (Lipinski definition) is 0. The van der Waals surface area contributed by atoms with E-state index in [0.29, 0.717) is 0 Å². The fourth-order valence-electron chi connectivity index (χ4n) is 3.08. The highest BCUT2D eigenvalue weighted by Gasteiger charge is 2.24. The summed E-state index contributed by atoms with van der Waals surface area (Å²) in [6, 6.07) is 0.723. The van der Waals surface area contributed by atoms with Crippen molar-refractivity contribution in [2.24, 2.45) is 0 Å². The van der Waals surface area contributed by atoms with E-state index in [1.165, 1.54) is 48.1 Å². The number of halogens is 2. The molecule has 1 atom stereocenters. The molecule has 3 nitrogen and oxygen atoms in total. The molecule has 0 aromatic carbocycles. The topological polar surface area (TPSA) is 21.1 Å². The van der Waals surface area contributed by atoms with Crippen LogP contribution in [0.2, 0.25) is 0 Å². The maximum Gasteiger partial charge on any atom is 0.0767 e. The number of aromatic nitrogens is 2. The SMILES string of the molecule is CCc1nn(CC)c(CN2CCCCC2CCBr)c1Br. The third-order valence-corrected chi connectivity index (χ3v) is 5.61. The molecule has 0 amide bonds. The van der Waals surface area contributed by atoms with Crippen LogP contribution in [0.25, 0.3) is 0 Å². The first-order valence-electron chi connectivity index (χ1n) is 7.75. The number of aryl methyl sites for hydroxylation is 2. The van der Waals surface area contributed by atoms with Crippen molar-refractivity contribution in [3.05, 3.63) is 15.9 Å². The Morgan fingerprint density at radius 3 is 2.75 bits per heavy atom. The fraction of sp³-hybridized carbons (Fsp3) is 0.800. The number of alkyl halides is 1. The summed E-state index contributed by atoms with van der Waals surface area (Å²) < 4.78 is 3.40. The van der Waals surface area contributed by atoms with Crippen molar-refractivity contribution in [2.75, 3.05) is 11.9 Å². The third kappa shape index (κ3) is 3.66. The number of hydrogen-bond acceptors (Lipinski definition) is 2. The molecule has 0 radical (unpaired) electrons. The first-order valence-corrected chi connectivity index (χ1v) is 9.66. The number of nitrogens with zero attached hydrogens (tertiary/aromatic N) is 3. The van der Waals surface area contributed by atoms with Gasteiger partial charge in [0, 0.05) is 24.5 Å². The summed E-state index contributed by atoms with van der Waals surface area (Å²) in [5.41, 5.74) is 2.54. The molecule has 1 aromatic heterocycles. The van der Waals surface area contributed by atoms with Gasteiger partial charge in [-0.15, -0.1) is 0 Å². The zero-order valence-electron chi connectivity index (χ0n) is 12.5. The van der Waals surface area contributed by atoms with Gasteiger partial charge in [0.25, 0.3) is 0 Å². The summed E-state index contributed by atoms with van der Waals surface area (Å²) in [5, 5.41) is 5.82. The normalized spacial score (nSPS) is 20.5. The molecule has 114 valence electrons. The summed E-state index contributed by atoms with van der Waals surface area (Å²) in [5.74, 6) is 0. The molecule has 5 heteroatoms. The lowest BCUT2D eigenvalue weighted by Crippen LogP contribution is -2.39. The van der Waals surface area contributed by atoms with E-state index in [-0.39, 0.29) is 0 Å². The minimum absolute atomic E-state index is 0.723. The van der Waals surface area contributed by atoms with Gasteiger partial charge < -0.3 is 0 Å². The maximum atomic E-state index is 4.72. The Kier molecular flexibility index (Phi) is 6.56. The van der Waals surface area contributed by atoms with Gasteiger partial charge in [0.05, 0.1) is 15.9 Å². The van der Waals surface area contributed by atoms with Gasteiger partial charge in [-0.1, -0.05) is 29.3 Å². The van der Waals surface area contributed by atoms with Crippen LogP contribution in [0, 0.1) is 0 Å². The number of likely N-dealkylation sites (tertiary alicyclic amines) is 1. The van der Waals surface area contributed by atoms with Crippen LogP contribution in [0.15, 0.2) is 4.47 Å². The summed E-state index contributed by atoms with van der Waals surface area (Å²) in [6.07, 6.45) is 6.29. The zero-order chi connectivity index (χ0) is 14.5. The van der Waals surface area contributed by atoms with Gasteiger partial charge in [0.2, 0.25) is 0 Å². The summed E-state index contributed by atoms with van der Waals surface area (Å²) in [7, 11) is 0. The highest BCUT2D eigenvalue weighted by molar-refractivity contribution is 9.10. The number of rotatable bonds is 6. The van der Waals surface area contributed by atoms with Gasteiger partial charge in [0.15, 0.2) is 0 Å². The first-order chi connectivity index (χ1) is 9.71. The second-order valence-electron chi connectivity index (χ2n) is 5.47. The van der Waals surface area contributed by atoms with Crippen molar-refractivity contribution in [3.63, 3.8) is 0 Å². The molecule has 0 bridgehead atoms. The first kappa shape index (κ1) is 16.5. The predicted molar refractivity (Wildman–Crippen MR) is 91.4 cm³/mol. The van der Waals surface area contributed by atoms with Crippen LogP contribution < -0.4 is 0 Å². The van der Waals surface area contributed by atoms with Crippen LogP contribution in [-0.4, -0.2) is 32.6 Å². The molecule has 2 heterocycles. The van der Waals surface area contributed by atoms with Crippen LogP contribution in [-0.2, 0) is 19.5 Å². The monoisotopic (exact) mass is 405 g/mol. The smallest absolute Gasteiger partial charge is 0.0767 e. The molecule has 1 aliphatic rings. The van der Waals surface area contributed by atoms with Crippen molar-refractivity contribution in [2.45, 2.75) is 65.1 Å². The maximum absolute atomic E-state index is 4.72. The average molecular weight is 407 g/mol. The van der Waals surface area contributed by atoms with E-state index in [9.17, 15) is 0 Å². The number of piperidine rings is 1. The quantitative estimate of drug-likeness (QED) is 0.654. The Morgan fingerprint density at radius 1 is 1.30 bits per heavy atom. The molecular formula is C15H25Br2N3. The van der Waals surface area contributed by atoms with Gasteiger partial charge in [0.1, 0.15) is 0 Å². The molecule has 0 N–H and O–H groups in total. The van der Waals surface area contributed by atoms with Crippen molar-refractivity contribution in [3.8, 4) is 0 Å². The Labute approximate surface area is 139 Å². The second-order valence-corrected chi connectivity index (χ2v) is 7.06. The van der Waals surface area contributed by atoms with Crippen molar-refractivity contribution in [1.29, 1.82) is 0 Å². The molecule has 1 aromatic rings. The Bertz CT molecular complexity index is 429. The second kappa shape index (κ2) is 7.95. The highest BCUT2D eigenvalue weighted by atomic mass is 79.9. The third-order valence-electron chi connectivity index (χ3n) is 4.24. The molecule has 1 unspecified atom stereocenters. The molecule has 2 rings (SSSR count). The summed E-state index contributed by atoms with van der Waals surface area (Å²) in [6.45, 7) is 7.55. The molecule has 0 spiro atoms. The largest absolute Gasteiger partial charge is 0.295 e. The Balaban J connectivity index is 2.17. The van der Waals surface area contributed by atoms with Crippen LogP contribution in [0.1, 0.15) is 50.9 Å². The Hall–Kier alpha value is 0.130. The molecule has 1 saturated heterocycles. The van der Waals surface area contributed by atoms with Crippen LogP contribution >= 0.6 is 31.9 Å². The van der Waals surface area contributed by atoms with Gasteiger partial charge in [-0.05, 0) is 55.1 Å². The van der Waals surface area contributed by atoms with E-state index >= 15 is 0 Å². The van der Waals surface area contributed by atoms with Crippen LogP contribution in [0.3, 0.4) is 0 Å². The van der Waals surface area contributed by atoms with Crippen LogP contribution in [0.4, 0.5) is 0 Å². The fourth-order valence-corrected chi connectivity index (χ4v) is 4.30. The van der Waals surface area contributed by atoms with E-state index in [2.05, 4.69) is 55.3 Å². The van der Waals surface area contributed by atoms with Crippen molar-refractivity contribution in [1.82, 2.24) is 14.7 Å². The standard InChI is InChI=1S/C15H25Br2N3/c1-3-13-15(17)14(20(4-2)18-13)11-19-10-6-5-7-12(19)8-9-16/h12H,3-11H2,1-2H3. The lowest BCUT2D eigenvalue weighted by Gasteiger charge is -2.35. The molecule has 0 aliphatic carbocycles. The lowest BCUT2D eigenvalue weighted by molar-refractivity contribution is 0.133. The van der Waals surface area contributed by atoms with Gasteiger partial charge in [-0.25, -0.2) is 0 Å². The minimum atomic E-state index is 0.723. The van der Waals surface area contributed by atoms with Gasteiger partial charge >= 0.3 is 0 Å². The Morgan fingerprint density at radius 2 is 2.10 bits per heavy atom. The van der Waals surface area contributed by atoms with Crippen LogP contribution in [0.5, 0.6) is 0 Å². The van der Waals surface area contributed by atoms with E-state index in [1.807, 2.05) is 0 Å². The van der Waals surface area contributed by atoms with E-state index in [1.54, 1.807) is 0 Å². The van der Waals surface area contributed by atoms with Crippen molar-refractivity contribution >= 4 is 31.9 Å². The van der Waals surface area contributed by atoms with Gasteiger partial charge in [-0.3, -0.25) is 9.58 Å². The predicted octanol–water partition coefficient (Wildman–Crippen LogP) is 4.37. The molecular weight excluding hydrogens is 382 g/mol.